The van der Waals surface area contributed by atoms with E-state index in [0.29, 0.717) is 48.8 Å². The summed E-state index contributed by atoms with van der Waals surface area (Å²) >= 11 is 6.17. The average molecular weight is 518 g/mol. The van der Waals surface area contributed by atoms with Crippen molar-refractivity contribution in [3.63, 3.8) is 0 Å². The molecule has 36 heavy (non-hydrogen) atoms. The molecule has 3 atom stereocenters. The number of benzene rings is 1. The molecule has 1 amide bonds. The second-order valence-corrected chi connectivity index (χ2v) is 10.3. The van der Waals surface area contributed by atoms with E-state index in [-0.39, 0.29) is 23.9 Å². The first-order valence-electron chi connectivity index (χ1n) is 12.4. The number of carbonyl (C=O) groups is 1. The topological polar surface area (TPSA) is 88.2 Å². The SMILES string of the molecule is CC1(F)CC=C(C(NC(=O)c2ccc3cnc(NC4CCOCC4)nc3c2)C2(F)CCCN2)C=C1Cl. The maximum absolute atomic E-state index is 15.9. The van der Waals surface area contributed by atoms with Crippen molar-refractivity contribution in [3.8, 4) is 0 Å². The molecule has 2 saturated heterocycles. The quantitative estimate of drug-likeness (QED) is 0.487. The zero-order valence-electron chi connectivity index (χ0n) is 20.1. The van der Waals surface area contributed by atoms with Gasteiger partial charge in [-0.1, -0.05) is 23.7 Å². The standard InChI is InChI=1S/C26H30ClF2N5O2/c1-25(28)9-5-16(14-21(25)27)22(26(29)8-2-10-31-26)34-23(35)17-3-4-18-15-30-24(33-20(18)13-17)32-19-6-11-36-12-7-19/h3-5,13-15,19,22,31H,2,6-12H2,1H3,(H,34,35)(H,30,32,33). The molecule has 2 aliphatic heterocycles. The van der Waals surface area contributed by atoms with Crippen LogP contribution in [0.25, 0.3) is 10.9 Å². The van der Waals surface area contributed by atoms with Crippen LogP contribution in [0.5, 0.6) is 0 Å². The number of halogens is 3. The Morgan fingerprint density at radius 2 is 2.11 bits per heavy atom. The average Bonchev–Trinajstić information content (AvgIpc) is 3.31. The molecular formula is C26H30ClF2N5O2. The summed E-state index contributed by atoms with van der Waals surface area (Å²) in [6, 6.07) is 4.30. The van der Waals surface area contributed by atoms with Crippen molar-refractivity contribution in [1.82, 2.24) is 20.6 Å². The Morgan fingerprint density at radius 3 is 2.83 bits per heavy atom. The van der Waals surface area contributed by atoms with Crippen LogP contribution in [0.15, 0.2) is 47.2 Å². The summed E-state index contributed by atoms with van der Waals surface area (Å²) in [5, 5.41) is 9.82. The highest BCUT2D eigenvalue weighted by atomic mass is 35.5. The van der Waals surface area contributed by atoms with Crippen molar-refractivity contribution in [2.24, 2.45) is 0 Å². The van der Waals surface area contributed by atoms with Gasteiger partial charge in [-0.15, -0.1) is 0 Å². The molecule has 2 fully saturated rings. The summed E-state index contributed by atoms with van der Waals surface area (Å²) in [7, 11) is 0. The predicted molar refractivity (Wildman–Crippen MR) is 135 cm³/mol. The van der Waals surface area contributed by atoms with Crippen LogP contribution in [0, 0.1) is 0 Å². The number of anilines is 1. The number of ether oxygens (including phenoxy) is 1. The molecule has 0 radical (unpaired) electrons. The van der Waals surface area contributed by atoms with Gasteiger partial charge in [-0.05, 0) is 62.9 Å². The molecule has 192 valence electrons. The molecule has 2 aromatic rings. The summed E-state index contributed by atoms with van der Waals surface area (Å²) in [5.41, 5.74) is -0.315. The van der Waals surface area contributed by atoms with Crippen molar-refractivity contribution in [3.05, 3.63) is 52.7 Å². The van der Waals surface area contributed by atoms with E-state index >= 15 is 4.39 Å². The molecule has 7 nitrogen and oxygen atoms in total. The van der Waals surface area contributed by atoms with Crippen molar-refractivity contribution in [2.75, 3.05) is 25.1 Å². The number of allylic oxidation sites excluding steroid dienone is 2. The number of nitrogens with zero attached hydrogens (tertiary/aromatic N) is 2. The molecule has 3 unspecified atom stereocenters. The van der Waals surface area contributed by atoms with Crippen LogP contribution in [0.2, 0.25) is 0 Å². The monoisotopic (exact) mass is 517 g/mol. The number of nitrogens with one attached hydrogen (secondary N) is 3. The number of alkyl halides is 2. The Morgan fingerprint density at radius 1 is 1.31 bits per heavy atom. The molecule has 3 aliphatic rings. The minimum Gasteiger partial charge on any atom is -0.381 e. The smallest absolute Gasteiger partial charge is 0.251 e. The summed E-state index contributed by atoms with van der Waals surface area (Å²) in [6.45, 7) is 3.27. The molecule has 1 aromatic carbocycles. The van der Waals surface area contributed by atoms with Crippen molar-refractivity contribution in [1.29, 1.82) is 0 Å². The fraction of sp³-hybridized carbons (Fsp3) is 0.500. The molecule has 0 spiro atoms. The number of amides is 1. The number of aromatic nitrogens is 2. The summed E-state index contributed by atoms with van der Waals surface area (Å²) in [5.74, 6) is -1.83. The molecule has 5 rings (SSSR count). The van der Waals surface area contributed by atoms with E-state index in [9.17, 15) is 9.18 Å². The largest absolute Gasteiger partial charge is 0.381 e. The van der Waals surface area contributed by atoms with Gasteiger partial charge in [0.2, 0.25) is 5.95 Å². The highest BCUT2D eigenvalue weighted by Crippen LogP contribution is 2.38. The fourth-order valence-electron chi connectivity index (χ4n) is 4.88. The van der Waals surface area contributed by atoms with Crippen LogP contribution in [0.4, 0.5) is 14.7 Å². The first-order chi connectivity index (χ1) is 17.2. The molecule has 3 N–H and O–H groups in total. The Labute approximate surface area is 213 Å². The fourth-order valence-corrected chi connectivity index (χ4v) is 5.08. The first-order valence-corrected chi connectivity index (χ1v) is 12.7. The number of hydrogen-bond donors (Lipinski definition) is 3. The Kier molecular flexibility index (Phi) is 6.98. The number of carbonyl (C=O) groups excluding carboxylic acids is 1. The molecule has 0 bridgehead atoms. The van der Waals surface area contributed by atoms with Gasteiger partial charge in [0.25, 0.3) is 5.91 Å². The minimum absolute atomic E-state index is 0.00666. The lowest BCUT2D eigenvalue weighted by atomic mass is 9.87. The lowest BCUT2D eigenvalue weighted by molar-refractivity contribution is 0.0767. The van der Waals surface area contributed by atoms with Gasteiger partial charge in [-0.2, -0.15) is 0 Å². The van der Waals surface area contributed by atoms with Gasteiger partial charge in [0.1, 0.15) is 11.7 Å². The van der Waals surface area contributed by atoms with Gasteiger partial charge in [0.15, 0.2) is 5.79 Å². The van der Waals surface area contributed by atoms with Gasteiger partial charge in [-0.3, -0.25) is 10.1 Å². The molecule has 1 aromatic heterocycles. The van der Waals surface area contributed by atoms with Gasteiger partial charge in [0, 0.05) is 42.8 Å². The highest BCUT2D eigenvalue weighted by molar-refractivity contribution is 6.31. The van der Waals surface area contributed by atoms with E-state index in [4.69, 9.17) is 16.3 Å². The second-order valence-electron chi connectivity index (χ2n) is 9.90. The predicted octanol–water partition coefficient (Wildman–Crippen LogP) is 4.55. The molecule has 3 heterocycles. The van der Waals surface area contributed by atoms with Crippen molar-refractivity contribution < 1.29 is 18.3 Å². The lowest BCUT2D eigenvalue weighted by Crippen LogP contribution is -2.56. The third kappa shape index (κ3) is 5.23. The first kappa shape index (κ1) is 25.0. The third-order valence-electron chi connectivity index (χ3n) is 7.11. The lowest BCUT2D eigenvalue weighted by Gasteiger charge is -2.34. The Hall–Kier alpha value is -2.62. The van der Waals surface area contributed by atoms with Crippen LogP contribution in [0.1, 0.15) is 49.4 Å². The normalized spacial score (nSPS) is 27.9. The zero-order chi connectivity index (χ0) is 25.3. The summed E-state index contributed by atoms with van der Waals surface area (Å²) in [4.78, 5) is 22.3. The highest BCUT2D eigenvalue weighted by Gasteiger charge is 2.45. The summed E-state index contributed by atoms with van der Waals surface area (Å²) in [6.07, 6.45) is 7.36. The van der Waals surface area contributed by atoms with Crippen molar-refractivity contribution >= 4 is 34.4 Å². The molecule has 10 heteroatoms. The van der Waals surface area contributed by atoms with E-state index in [1.165, 1.54) is 13.0 Å². The van der Waals surface area contributed by atoms with Gasteiger partial charge in [0.05, 0.1) is 10.5 Å². The van der Waals surface area contributed by atoms with Crippen LogP contribution in [-0.2, 0) is 4.74 Å². The zero-order valence-corrected chi connectivity index (χ0v) is 20.9. The molecule has 1 aliphatic carbocycles. The number of rotatable bonds is 6. The molecular weight excluding hydrogens is 488 g/mol. The minimum atomic E-state index is -1.86. The van der Waals surface area contributed by atoms with Crippen LogP contribution in [0.3, 0.4) is 0 Å². The summed E-state index contributed by atoms with van der Waals surface area (Å²) < 4.78 is 35.9. The third-order valence-corrected chi connectivity index (χ3v) is 7.62. The number of hydrogen-bond acceptors (Lipinski definition) is 6. The van der Waals surface area contributed by atoms with E-state index in [1.807, 2.05) is 0 Å². The molecule has 0 saturated carbocycles. The van der Waals surface area contributed by atoms with Crippen molar-refractivity contribution in [2.45, 2.75) is 62.6 Å². The van der Waals surface area contributed by atoms with Gasteiger partial charge >= 0.3 is 0 Å². The van der Waals surface area contributed by atoms with Gasteiger partial charge in [-0.25, -0.2) is 18.7 Å². The Balaban J connectivity index is 1.39. The van der Waals surface area contributed by atoms with Crippen LogP contribution < -0.4 is 16.0 Å². The van der Waals surface area contributed by atoms with Crippen LogP contribution >= 0.6 is 11.6 Å². The maximum atomic E-state index is 15.9. The second kappa shape index (κ2) is 10.0. The van der Waals surface area contributed by atoms with E-state index < -0.39 is 23.4 Å². The number of fused-ring (bicyclic) bond motifs is 1. The Bertz CT molecular complexity index is 1210. The van der Waals surface area contributed by atoms with E-state index in [1.54, 1.807) is 30.5 Å². The van der Waals surface area contributed by atoms with Gasteiger partial charge < -0.3 is 15.4 Å². The van der Waals surface area contributed by atoms with E-state index in [0.717, 1.165) is 18.2 Å². The van der Waals surface area contributed by atoms with Crippen LogP contribution in [-0.4, -0.2) is 59.2 Å². The van der Waals surface area contributed by atoms with E-state index in [2.05, 4.69) is 25.9 Å². The maximum Gasteiger partial charge on any atom is 0.251 e.